The molecule has 0 aliphatic rings. The summed E-state index contributed by atoms with van der Waals surface area (Å²) in [5.74, 6) is 3.54. The van der Waals surface area contributed by atoms with Crippen LogP contribution < -0.4 is 4.74 Å². The summed E-state index contributed by atoms with van der Waals surface area (Å²) in [4.78, 5) is 11.7. The maximum absolute atomic E-state index is 14.0. The Balaban J connectivity index is 3.45. The molecule has 0 spiro atoms. The molecule has 0 saturated heterocycles. The zero-order valence-corrected chi connectivity index (χ0v) is 12.2. The quantitative estimate of drug-likeness (QED) is 0.841. The number of ether oxygens (including phenoxy) is 1. The average molecular weight is 278 g/mol. The minimum Gasteiger partial charge on any atom is -0.491 e. The molecule has 0 aliphatic heterocycles. The van der Waals surface area contributed by atoms with Crippen molar-refractivity contribution >= 4 is 5.97 Å². The molecular formula is C16H19FO3. The molecule has 0 aliphatic carbocycles. The summed E-state index contributed by atoms with van der Waals surface area (Å²) in [7, 11) is 0. The van der Waals surface area contributed by atoms with Gasteiger partial charge >= 0.3 is 5.97 Å². The van der Waals surface area contributed by atoms with Gasteiger partial charge in [0.05, 0.1) is 6.61 Å². The third-order valence-corrected chi connectivity index (χ3v) is 3.21. The molecule has 1 unspecified atom stereocenters. The Labute approximate surface area is 118 Å². The number of benzene rings is 1. The third kappa shape index (κ3) is 2.77. The van der Waals surface area contributed by atoms with Gasteiger partial charge in [0.1, 0.15) is 0 Å². The van der Waals surface area contributed by atoms with Crippen LogP contribution in [-0.2, 0) is 10.2 Å². The molecule has 20 heavy (non-hydrogen) atoms. The van der Waals surface area contributed by atoms with Gasteiger partial charge in [0, 0.05) is 0 Å². The molecule has 0 heterocycles. The fraction of sp³-hybridized carbons (Fsp3) is 0.438. The monoisotopic (exact) mass is 278 g/mol. The highest BCUT2D eigenvalue weighted by atomic mass is 19.1. The van der Waals surface area contributed by atoms with Crippen LogP contribution in [-0.4, -0.2) is 17.7 Å². The van der Waals surface area contributed by atoms with Crippen LogP contribution in [0.25, 0.3) is 0 Å². The number of rotatable bonds is 5. The molecule has 3 nitrogen and oxygen atoms in total. The molecule has 108 valence electrons. The molecule has 4 heteroatoms. The van der Waals surface area contributed by atoms with Crippen molar-refractivity contribution in [3.8, 4) is 17.6 Å². The zero-order valence-electron chi connectivity index (χ0n) is 12.2. The van der Waals surface area contributed by atoms with Gasteiger partial charge in [0.25, 0.3) is 0 Å². The second-order valence-corrected chi connectivity index (χ2v) is 4.72. The Kier molecular flexibility index (Phi) is 5.15. The van der Waals surface area contributed by atoms with Crippen molar-refractivity contribution in [3.05, 3.63) is 29.6 Å². The number of carbonyl (C=O) groups is 1. The second kappa shape index (κ2) is 6.42. The van der Waals surface area contributed by atoms with Gasteiger partial charge in [-0.1, -0.05) is 25.8 Å². The highest BCUT2D eigenvalue weighted by Gasteiger charge is 2.42. The number of aliphatic carboxylic acids is 1. The highest BCUT2D eigenvalue weighted by Crippen LogP contribution is 2.34. The standard InChI is InChI=1S/C16H19FO3/c1-5-9-16(11(3)4,15(18)19)12-7-8-14(20-6-2)13(17)10-12/h7-8,10-11H,6H2,1-4H3,(H,18,19). The van der Waals surface area contributed by atoms with E-state index in [1.165, 1.54) is 12.1 Å². The summed E-state index contributed by atoms with van der Waals surface area (Å²) >= 11 is 0. The molecule has 0 fully saturated rings. The van der Waals surface area contributed by atoms with Gasteiger partial charge in [-0.2, -0.15) is 0 Å². The van der Waals surface area contributed by atoms with Gasteiger partial charge in [0.2, 0.25) is 0 Å². The molecule has 0 radical (unpaired) electrons. The lowest BCUT2D eigenvalue weighted by Crippen LogP contribution is -2.39. The normalized spacial score (nSPS) is 13.3. The summed E-state index contributed by atoms with van der Waals surface area (Å²) in [6.45, 7) is 7.19. The summed E-state index contributed by atoms with van der Waals surface area (Å²) in [5, 5.41) is 9.59. The van der Waals surface area contributed by atoms with Crippen molar-refractivity contribution < 1.29 is 19.0 Å². The van der Waals surface area contributed by atoms with Crippen LogP contribution in [0.5, 0.6) is 5.75 Å². The van der Waals surface area contributed by atoms with Crippen LogP contribution in [0.3, 0.4) is 0 Å². The largest absolute Gasteiger partial charge is 0.491 e. The third-order valence-electron chi connectivity index (χ3n) is 3.21. The van der Waals surface area contributed by atoms with E-state index in [0.717, 1.165) is 0 Å². The van der Waals surface area contributed by atoms with E-state index in [1.807, 2.05) is 0 Å². The van der Waals surface area contributed by atoms with E-state index in [9.17, 15) is 14.3 Å². The summed E-state index contributed by atoms with van der Waals surface area (Å²) in [5.41, 5.74) is -1.09. The lowest BCUT2D eigenvalue weighted by Gasteiger charge is -2.28. The number of carboxylic acids is 1. The fourth-order valence-corrected chi connectivity index (χ4v) is 2.19. The topological polar surface area (TPSA) is 46.5 Å². The second-order valence-electron chi connectivity index (χ2n) is 4.72. The number of halogens is 1. The average Bonchev–Trinajstić information content (AvgIpc) is 2.37. The van der Waals surface area contributed by atoms with E-state index in [1.54, 1.807) is 33.8 Å². The molecule has 1 aromatic rings. The molecule has 0 saturated carbocycles. The molecule has 0 aromatic heterocycles. The smallest absolute Gasteiger partial charge is 0.326 e. The van der Waals surface area contributed by atoms with Gasteiger partial charge in [-0.15, -0.1) is 5.92 Å². The SMILES string of the molecule is CC#CC(C(=O)O)(c1ccc(OCC)c(F)c1)C(C)C. The maximum atomic E-state index is 14.0. The van der Waals surface area contributed by atoms with Crippen molar-refractivity contribution in [3.63, 3.8) is 0 Å². The van der Waals surface area contributed by atoms with Gasteiger partial charge in [-0.3, -0.25) is 4.79 Å². The molecule has 1 aromatic carbocycles. The van der Waals surface area contributed by atoms with Gasteiger partial charge in [-0.25, -0.2) is 4.39 Å². The van der Waals surface area contributed by atoms with E-state index >= 15 is 0 Å². The van der Waals surface area contributed by atoms with Crippen molar-refractivity contribution in [1.29, 1.82) is 0 Å². The predicted molar refractivity (Wildman–Crippen MR) is 75.2 cm³/mol. The Morgan fingerprint density at radius 2 is 2.15 bits per heavy atom. The Hall–Kier alpha value is -2.02. The molecule has 0 amide bonds. The van der Waals surface area contributed by atoms with Gasteiger partial charge < -0.3 is 9.84 Å². The lowest BCUT2D eigenvalue weighted by atomic mass is 9.72. The summed E-state index contributed by atoms with van der Waals surface area (Å²) < 4.78 is 19.1. The first-order valence-electron chi connectivity index (χ1n) is 6.50. The van der Waals surface area contributed by atoms with E-state index in [-0.39, 0.29) is 11.7 Å². The van der Waals surface area contributed by atoms with Crippen molar-refractivity contribution in [2.75, 3.05) is 6.61 Å². The number of hydrogen-bond acceptors (Lipinski definition) is 2. The number of carboxylic acid groups (broad SMARTS) is 1. The van der Waals surface area contributed by atoms with E-state index in [2.05, 4.69) is 11.8 Å². The Morgan fingerprint density at radius 1 is 1.50 bits per heavy atom. The highest BCUT2D eigenvalue weighted by molar-refractivity contribution is 5.86. The van der Waals surface area contributed by atoms with Crippen LogP contribution in [0.15, 0.2) is 18.2 Å². The number of hydrogen-bond donors (Lipinski definition) is 1. The van der Waals surface area contributed by atoms with Crippen LogP contribution in [0, 0.1) is 23.6 Å². The first kappa shape index (κ1) is 16.0. The Bertz CT molecular complexity index is 555. The maximum Gasteiger partial charge on any atom is 0.326 e. The predicted octanol–water partition coefficient (Wildman–Crippen LogP) is 3.23. The molecule has 0 bridgehead atoms. The van der Waals surface area contributed by atoms with Crippen LogP contribution in [0.2, 0.25) is 0 Å². The molecule has 1 atom stereocenters. The molecular weight excluding hydrogens is 259 g/mol. The Morgan fingerprint density at radius 3 is 2.55 bits per heavy atom. The van der Waals surface area contributed by atoms with Gasteiger partial charge in [0.15, 0.2) is 17.0 Å². The first-order chi connectivity index (χ1) is 9.40. The van der Waals surface area contributed by atoms with E-state index < -0.39 is 17.2 Å². The summed E-state index contributed by atoms with van der Waals surface area (Å²) in [6, 6.07) is 4.21. The van der Waals surface area contributed by atoms with Crippen molar-refractivity contribution in [2.24, 2.45) is 5.92 Å². The van der Waals surface area contributed by atoms with Crippen molar-refractivity contribution in [1.82, 2.24) is 0 Å². The van der Waals surface area contributed by atoms with Crippen molar-refractivity contribution in [2.45, 2.75) is 33.1 Å². The minimum absolute atomic E-state index is 0.115. The van der Waals surface area contributed by atoms with E-state index in [4.69, 9.17) is 4.74 Å². The molecule has 1 N–H and O–H groups in total. The van der Waals surface area contributed by atoms with Crippen LogP contribution in [0.4, 0.5) is 4.39 Å². The first-order valence-corrected chi connectivity index (χ1v) is 6.50. The lowest BCUT2D eigenvalue weighted by molar-refractivity contribution is -0.143. The minimum atomic E-state index is -1.42. The van der Waals surface area contributed by atoms with Gasteiger partial charge in [-0.05, 0) is 37.5 Å². The summed E-state index contributed by atoms with van der Waals surface area (Å²) in [6.07, 6.45) is 0. The van der Waals surface area contributed by atoms with Crippen LogP contribution >= 0.6 is 0 Å². The van der Waals surface area contributed by atoms with E-state index in [0.29, 0.717) is 12.2 Å². The fourth-order valence-electron chi connectivity index (χ4n) is 2.19. The molecule has 1 rings (SSSR count). The zero-order chi connectivity index (χ0) is 15.3. The van der Waals surface area contributed by atoms with Crippen LogP contribution in [0.1, 0.15) is 33.3 Å².